The lowest BCUT2D eigenvalue weighted by atomic mass is 10.00. The van der Waals surface area contributed by atoms with Crippen LogP contribution in [0.15, 0.2) is 41.7 Å². The van der Waals surface area contributed by atoms with Gasteiger partial charge in [0.1, 0.15) is 5.60 Å². The SMILES string of the molecule is CCNC(=NCc1ccccc1CN1CC(C)OC(C)C1)NCC(C)(O)c1cnn(C)c1. The summed E-state index contributed by atoms with van der Waals surface area (Å²) in [7, 11) is 1.84. The molecular weight excluding hydrogens is 404 g/mol. The Hall–Kier alpha value is -2.42. The zero-order valence-electron chi connectivity index (χ0n) is 20.0. The molecule has 0 amide bonds. The molecule has 0 aliphatic carbocycles. The van der Waals surface area contributed by atoms with Gasteiger partial charge in [0, 0.05) is 45.0 Å². The number of ether oxygens (including phenoxy) is 1. The van der Waals surface area contributed by atoms with Crippen LogP contribution >= 0.6 is 0 Å². The Morgan fingerprint density at radius 1 is 1.22 bits per heavy atom. The summed E-state index contributed by atoms with van der Waals surface area (Å²) < 4.78 is 7.56. The van der Waals surface area contributed by atoms with Crippen molar-refractivity contribution in [1.29, 1.82) is 0 Å². The van der Waals surface area contributed by atoms with E-state index < -0.39 is 5.60 Å². The summed E-state index contributed by atoms with van der Waals surface area (Å²) in [6.45, 7) is 12.5. The Labute approximate surface area is 191 Å². The molecule has 2 heterocycles. The van der Waals surface area contributed by atoms with Crippen molar-refractivity contribution >= 4 is 5.96 Å². The van der Waals surface area contributed by atoms with E-state index in [1.807, 2.05) is 20.2 Å². The highest BCUT2D eigenvalue weighted by molar-refractivity contribution is 5.79. The lowest BCUT2D eigenvalue weighted by molar-refractivity contribution is -0.0705. The van der Waals surface area contributed by atoms with E-state index in [-0.39, 0.29) is 12.2 Å². The molecule has 3 rings (SSSR count). The predicted molar refractivity (Wildman–Crippen MR) is 127 cm³/mol. The number of aryl methyl sites for hydroxylation is 1. The molecular formula is C24H38N6O2. The number of rotatable bonds is 8. The first kappa shape index (κ1) is 24.2. The van der Waals surface area contributed by atoms with E-state index in [2.05, 4.69) is 58.7 Å². The fourth-order valence-corrected chi connectivity index (χ4v) is 4.08. The van der Waals surface area contributed by atoms with Gasteiger partial charge in [-0.2, -0.15) is 5.10 Å². The van der Waals surface area contributed by atoms with Crippen molar-refractivity contribution in [2.75, 3.05) is 26.2 Å². The lowest BCUT2D eigenvalue weighted by Crippen LogP contribution is -2.45. The van der Waals surface area contributed by atoms with Crippen LogP contribution in [0.3, 0.4) is 0 Å². The van der Waals surface area contributed by atoms with E-state index >= 15 is 0 Å². The minimum atomic E-state index is -1.05. The number of nitrogens with zero attached hydrogens (tertiary/aromatic N) is 4. The molecule has 8 heteroatoms. The second-order valence-electron chi connectivity index (χ2n) is 8.95. The van der Waals surface area contributed by atoms with Gasteiger partial charge in [-0.05, 0) is 38.8 Å². The van der Waals surface area contributed by atoms with Gasteiger partial charge in [-0.25, -0.2) is 4.99 Å². The van der Waals surface area contributed by atoms with E-state index in [0.29, 0.717) is 19.0 Å². The Morgan fingerprint density at radius 2 is 1.91 bits per heavy atom. The normalized spacial score (nSPS) is 21.9. The highest BCUT2D eigenvalue weighted by Crippen LogP contribution is 2.19. The van der Waals surface area contributed by atoms with Crippen LogP contribution in [-0.4, -0.2) is 64.1 Å². The summed E-state index contributed by atoms with van der Waals surface area (Å²) >= 11 is 0. The third-order valence-electron chi connectivity index (χ3n) is 5.69. The summed E-state index contributed by atoms with van der Waals surface area (Å²) in [6.07, 6.45) is 4.02. The average Bonchev–Trinajstić information content (AvgIpc) is 3.18. The number of hydrogen-bond donors (Lipinski definition) is 3. The predicted octanol–water partition coefficient (Wildman–Crippen LogP) is 1.99. The minimum Gasteiger partial charge on any atom is -0.383 e. The van der Waals surface area contributed by atoms with Gasteiger partial charge in [-0.3, -0.25) is 9.58 Å². The first-order valence-electron chi connectivity index (χ1n) is 11.4. The quantitative estimate of drug-likeness (QED) is 0.428. The highest BCUT2D eigenvalue weighted by Gasteiger charge is 2.25. The molecule has 8 nitrogen and oxygen atoms in total. The van der Waals surface area contributed by atoms with Crippen LogP contribution in [-0.2, 0) is 30.5 Å². The van der Waals surface area contributed by atoms with Crippen LogP contribution in [0.2, 0.25) is 0 Å². The van der Waals surface area contributed by atoms with E-state index in [9.17, 15) is 5.11 Å². The van der Waals surface area contributed by atoms with Crippen molar-refractivity contribution in [3.8, 4) is 0 Å². The number of benzene rings is 1. The zero-order chi connectivity index (χ0) is 23.1. The lowest BCUT2D eigenvalue weighted by Gasteiger charge is -2.35. The van der Waals surface area contributed by atoms with Crippen LogP contribution in [0.4, 0.5) is 0 Å². The van der Waals surface area contributed by atoms with Crippen molar-refractivity contribution in [2.45, 2.75) is 58.6 Å². The maximum Gasteiger partial charge on any atom is 0.191 e. The topological polar surface area (TPSA) is 86.9 Å². The Kier molecular flexibility index (Phi) is 8.28. The Morgan fingerprint density at radius 3 is 2.53 bits per heavy atom. The molecule has 176 valence electrons. The van der Waals surface area contributed by atoms with Gasteiger partial charge < -0.3 is 20.5 Å². The fourth-order valence-electron chi connectivity index (χ4n) is 4.08. The number of nitrogens with one attached hydrogen (secondary N) is 2. The van der Waals surface area contributed by atoms with Gasteiger partial charge >= 0.3 is 0 Å². The van der Waals surface area contributed by atoms with Crippen LogP contribution in [0.5, 0.6) is 0 Å². The van der Waals surface area contributed by atoms with Crippen molar-refractivity contribution in [1.82, 2.24) is 25.3 Å². The molecule has 1 fully saturated rings. The molecule has 0 radical (unpaired) electrons. The summed E-state index contributed by atoms with van der Waals surface area (Å²) in [6, 6.07) is 8.47. The van der Waals surface area contributed by atoms with Crippen molar-refractivity contribution in [2.24, 2.45) is 12.0 Å². The molecule has 3 atom stereocenters. The van der Waals surface area contributed by atoms with E-state index in [4.69, 9.17) is 9.73 Å². The minimum absolute atomic E-state index is 0.251. The summed E-state index contributed by atoms with van der Waals surface area (Å²) in [5.41, 5.74) is 2.21. The number of aromatic nitrogens is 2. The van der Waals surface area contributed by atoms with Gasteiger partial charge in [-0.15, -0.1) is 0 Å². The number of aliphatic hydroxyl groups is 1. The summed E-state index contributed by atoms with van der Waals surface area (Å²) in [5.74, 6) is 0.681. The molecule has 2 aromatic rings. The summed E-state index contributed by atoms with van der Waals surface area (Å²) in [5, 5.41) is 21.6. The van der Waals surface area contributed by atoms with E-state index in [1.165, 1.54) is 11.1 Å². The maximum absolute atomic E-state index is 10.9. The molecule has 0 bridgehead atoms. The molecule has 0 spiro atoms. The third kappa shape index (κ3) is 6.79. The van der Waals surface area contributed by atoms with Crippen LogP contribution in [0.1, 0.15) is 44.4 Å². The first-order chi connectivity index (χ1) is 15.3. The van der Waals surface area contributed by atoms with Crippen LogP contribution in [0, 0.1) is 0 Å². The maximum atomic E-state index is 10.9. The largest absolute Gasteiger partial charge is 0.383 e. The van der Waals surface area contributed by atoms with Crippen molar-refractivity contribution < 1.29 is 9.84 Å². The Bertz CT molecular complexity index is 884. The molecule has 3 N–H and O–H groups in total. The third-order valence-corrected chi connectivity index (χ3v) is 5.69. The van der Waals surface area contributed by atoms with Crippen molar-refractivity contribution in [3.05, 3.63) is 53.3 Å². The van der Waals surface area contributed by atoms with Gasteiger partial charge in [0.05, 0.1) is 31.5 Å². The standard InChI is InChI=1S/C24H38N6O2/c1-6-25-23(27-17-24(4,31)22-12-28-29(5)16-22)26-11-20-9-7-8-10-21(20)15-30-13-18(2)32-19(3)14-30/h7-10,12,16,18-19,31H,6,11,13-15,17H2,1-5H3,(H2,25,26,27). The number of guanidine groups is 1. The second kappa shape index (κ2) is 10.9. The average molecular weight is 443 g/mol. The smallest absolute Gasteiger partial charge is 0.191 e. The van der Waals surface area contributed by atoms with Gasteiger partial charge in [0.15, 0.2) is 5.96 Å². The molecule has 1 saturated heterocycles. The van der Waals surface area contributed by atoms with Gasteiger partial charge in [0.2, 0.25) is 0 Å². The van der Waals surface area contributed by atoms with E-state index in [1.54, 1.807) is 17.8 Å². The molecule has 32 heavy (non-hydrogen) atoms. The second-order valence-corrected chi connectivity index (χ2v) is 8.95. The molecule has 3 unspecified atom stereocenters. The fraction of sp³-hybridized carbons (Fsp3) is 0.583. The van der Waals surface area contributed by atoms with Crippen LogP contribution < -0.4 is 10.6 Å². The number of aliphatic imine (C=N–C) groups is 1. The van der Waals surface area contributed by atoms with Crippen molar-refractivity contribution in [3.63, 3.8) is 0 Å². The van der Waals surface area contributed by atoms with Crippen LogP contribution in [0.25, 0.3) is 0 Å². The molecule has 1 aromatic carbocycles. The van der Waals surface area contributed by atoms with Gasteiger partial charge in [-0.1, -0.05) is 24.3 Å². The Balaban J connectivity index is 1.66. The summed E-state index contributed by atoms with van der Waals surface area (Å²) in [4.78, 5) is 7.24. The number of morpholine rings is 1. The molecule has 1 aromatic heterocycles. The molecule has 1 aliphatic heterocycles. The van der Waals surface area contributed by atoms with Gasteiger partial charge in [0.25, 0.3) is 0 Å². The molecule has 0 saturated carbocycles. The monoisotopic (exact) mass is 442 g/mol. The van der Waals surface area contributed by atoms with E-state index in [0.717, 1.165) is 31.7 Å². The first-order valence-corrected chi connectivity index (χ1v) is 11.4. The molecule has 1 aliphatic rings. The zero-order valence-corrected chi connectivity index (χ0v) is 20.0. The number of hydrogen-bond acceptors (Lipinski definition) is 5. The highest BCUT2D eigenvalue weighted by atomic mass is 16.5.